The molecule has 1 rings (SSSR count). The minimum absolute atomic E-state index is 0.190. The largest absolute Gasteiger partial charge is 0.450 e. The monoisotopic (exact) mass is 200 g/mol. The number of carbonyl (C=O) groups is 1. The summed E-state index contributed by atoms with van der Waals surface area (Å²) in [5.41, 5.74) is 0.190. The first-order valence-corrected chi connectivity index (χ1v) is 3.80. The van der Waals surface area contributed by atoms with Crippen LogP contribution in [-0.2, 0) is 4.74 Å². The average Bonchev–Trinajstić information content (AvgIpc) is 2.53. The second kappa shape index (κ2) is 4.26. The molecule has 0 saturated carbocycles. The lowest BCUT2D eigenvalue weighted by Crippen LogP contribution is -2.12. The molecule has 7 nitrogen and oxygen atoms in total. The summed E-state index contributed by atoms with van der Waals surface area (Å²) in [7, 11) is 0. The summed E-state index contributed by atoms with van der Waals surface area (Å²) in [6.45, 7) is 1.88. The van der Waals surface area contributed by atoms with Crippen LogP contribution in [0.3, 0.4) is 0 Å². The zero-order valence-electron chi connectivity index (χ0n) is 7.35. The van der Waals surface area contributed by atoms with E-state index in [1.54, 1.807) is 6.92 Å². The summed E-state index contributed by atoms with van der Waals surface area (Å²) < 4.78 is 9.09. The maximum atomic E-state index is 10.8. The quantitative estimate of drug-likeness (QED) is 0.592. The molecule has 0 aliphatic rings. The van der Waals surface area contributed by atoms with Gasteiger partial charge in [-0.2, -0.15) is 0 Å². The van der Waals surface area contributed by atoms with Gasteiger partial charge < -0.3 is 9.15 Å². The van der Waals surface area contributed by atoms with Crippen LogP contribution >= 0.6 is 0 Å². The molecule has 0 bridgehead atoms. The van der Waals surface area contributed by atoms with Crippen LogP contribution in [0.2, 0.25) is 0 Å². The molecule has 0 unspecified atom stereocenters. The Bertz CT molecular complexity index is 346. The normalized spacial score (nSPS) is 9.50. The molecule has 0 aliphatic heterocycles. The van der Waals surface area contributed by atoms with E-state index in [-0.39, 0.29) is 12.3 Å². The van der Waals surface area contributed by atoms with Crippen molar-refractivity contribution < 1.29 is 18.9 Å². The maximum absolute atomic E-state index is 10.8. The third-order valence-electron chi connectivity index (χ3n) is 1.29. The Kier molecular flexibility index (Phi) is 3.05. The average molecular weight is 200 g/mol. The number of furan rings is 1. The van der Waals surface area contributed by atoms with Gasteiger partial charge in [0.05, 0.1) is 18.4 Å². The smallest absolute Gasteiger partial charge is 0.435 e. The van der Waals surface area contributed by atoms with Crippen molar-refractivity contribution in [3.8, 4) is 0 Å². The van der Waals surface area contributed by atoms with Crippen molar-refractivity contribution >= 4 is 17.7 Å². The van der Waals surface area contributed by atoms with E-state index in [4.69, 9.17) is 0 Å². The fourth-order valence-electron chi connectivity index (χ4n) is 0.771. The molecule has 1 aromatic rings. The van der Waals surface area contributed by atoms with Crippen LogP contribution in [0.5, 0.6) is 0 Å². The molecule has 0 radical (unpaired) electrons. The summed E-state index contributed by atoms with van der Waals surface area (Å²) in [6, 6.07) is 1.09. The topological polar surface area (TPSA) is 94.6 Å². The van der Waals surface area contributed by atoms with E-state index in [0.29, 0.717) is 0 Å². The molecule has 7 heteroatoms. The van der Waals surface area contributed by atoms with E-state index in [1.165, 1.54) is 0 Å². The number of nitrogens with one attached hydrogen (secondary N) is 1. The van der Waals surface area contributed by atoms with Crippen LogP contribution in [-0.4, -0.2) is 17.6 Å². The van der Waals surface area contributed by atoms with Crippen molar-refractivity contribution in [1.29, 1.82) is 0 Å². The van der Waals surface area contributed by atoms with Crippen LogP contribution < -0.4 is 5.32 Å². The van der Waals surface area contributed by atoms with Crippen molar-refractivity contribution in [2.45, 2.75) is 6.92 Å². The Morgan fingerprint density at radius 1 is 1.79 bits per heavy atom. The van der Waals surface area contributed by atoms with Gasteiger partial charge in [-0.05, 0) is 6.92 Å². The first kappa shape index (κ1) is 10.0. The van der Waals surface area contributed by atoms with E-state index < -0.39 is 16.9 Å². The highest BCUT2D eigenvalue weighted by molar-refractivity contribution is 5.84. The fourth-order valence-corrected chi connectivity index (χ4v) is 0.771. The van der Waals surface area contributed by atoms with Gasteiger partial charge >= 0.3 is 12.0 Å². The van der Waals surface area contributed by atoms with Crippen molar-refractivity contribution in [1.82, 2.24) is 0 Å². The first-order chi connectivity index (χ1) is 6.63. The lowest BCUT2D eigenvalue weighted by atomic mass is 10.5. The van der Waals surface area contributed by atoms with Gasteiger partial charge in [-0.1, -0.05) is 0 Å². The molecule has 0 spiro atoms. The number of hydrogen-bond acceptors (Lipinski definition) is 5. The Labute approximate surface area is 78.8 Å². The van der Waals surface area contributed by atoms with Gasteiger partial charge in [0, 0.05) is 0 Å². The molecule has 14 heavy (non-hydrogen) atoms. The molecule has 1 amide bonds. The molecule has 0 aromatic carbocycles. The summed E-state index contributed by atoms with van der Waals surface area (Å²) >= 11 is 0. The molecule has 0 aliphatic carbocycles. The van der Waals surface area contributed by atoms with E-state index in [9.17, 15) is 14.9 Å². The number of amides is 1. The van der Waals surface area contributed by atoms with Crippen molar-refractivity contribution in [2.24, 2.45) is 0 Å². The molecule has 0 fully saturated rings. The summed E-state index contributed by atoms with van der Waals surface area (Å²) in [6.07, 6.45) is 0.387. The molecule has 76 valence electrons. The second-order valence-electron chi connectivity index (χ2n) is 2.28. The zero-order chi connectivity index (χ0) is 10.6. The van der Waals surface area contributed by atoms with Crippen molar-refractivity contribution in [3.63, 3.8) is 0 Å². The highest BCUT2D eigenvalue weighted by atomic mass is 16.6. The van der Waals surface area contributed by atoms with Crippen molar-refractivity contribution in [2.75, 3.05) is 11.9 Å². The minimum Gasteiger partial charge on any atom is -0.450 e. The standard InChI is InChI=1S/C7H8N2O5/c1-2-13-7(10)8-5-3-6(9(11)12)14-4-5/h3-4H,2H2,1H3,(H,8,10). The lowest BCUT2D eigenvalue weighted by Gasteiger charge is -2.00. The van der Waals surface area contributed by atoms with Gasteiger partial charge in [-0.15, -0.1) is 0 Å². The van der Waals surface area contributed by atoms with Crippen LogP contribution in [0.15, 0.2) is 16.7 Å². The van der Waals surface area contributed by atoms with Gasteiger partial charge in [-0.25, -0.2) is 4.79 Å². The maximum Gasteiger partial charge on any atom is 0.435 e. The predicted molar refractivity (Wildman–Crippen MR) is 46.0 cm³/mol. The molecule has 1 aromatic heterocycles. The predicted octanol–water partition coefficient (Wildman–Crippen LogP) is 1.76. The Hall–Kier alpha value is -2.05. The van der Waals surface area contributed by atoms with Gasteiger partial charge in [0.2, 0.25) is 0 Å². The van der Waals surface area contributed by atoms with Crippen molar-refractivity contribution in [3.05, 3.63) is 22.4 Å². The number of nitrogens with zero attached hydrogens (tertiary/aromatic N) is 1. The third-order valence-corrected chi connectivity index (χ3v) is 1.29. The zero-order valence-corrected chi connectivity index (χ0v) is 7.35. The number of rotatable bonds is 3. The van der Waals surface area contributed by atoms with Crippen LogP contribution in [0.4, 0.5) is 16.4 Å². The SMILES string of the molecule is CCOC(=O)Nc1coc([N+](=O)[O-])c1. The first-order valence-electron chi connectivity index (χ1n) is 3.80. The fraction of sp³-hybridized carbons (Fsp3) is 0.286. The molecule has 0 atom stereocenters. The van der Waals surface area contributed by atoms with E-state index in [2.05, 4.69) is 14.5 Å². The summed E-state index contributed by atoms with van der Waals surface area (Å²) in [5, 5.41) is 12.5. The van der Waals surface area contributed by atoms with Gasteiger partial charge in [0.1, 0.15) is 11.2 Å². The Balaban J connectivity index is 2.59. The van der Waals surface area contributed by atoms with Crippen LogP contribution in [0.1, 0.15) is 6.92 Å². The minimum atomic E-state index is -0.698. The van der Waals surface area contributed by atoms with Gasteiger partial charge in [-0.3, -0.25) is 15.4 Å². The molecular formula is C7H8N2O5. The van der Waals surface area contributed by atoms with Crippen LogP contribution in [0.25, 0.3) is 0 Å². The third kappa shape index (κ3) is 2.47. The molecular weight excluding hydrogens is 192 g/mol. The lowest BCUT2D eigenvalue weighted by molar-refractivity contribution is -0.402. The highest BCUT2D eigenvalue weighted by Gasteiger charge is 2.13. The Morgan fingerprint density at radius 2 is 2.50 bits per heavy atom. The number of hydrogen-bond donors (Lipinski definition) is 1. The summed E-state index contributed by atoms with van der Waals surface area (Å²) in [4.78, 5) is 20.3. The number of carbonyl (C=O) groups excluding carboxylic acids is 1. The molecule has 0 saturated heterocycles. The highest BCUT2D eigenvalue weighted by Crippen LogP contribution is 2.19. The molecule has 1 heterocycles. The van der Waals surface area contributed by atoms with Gasteiger partial charge in [0.15, 0.2) is 0 Å². The Morgan fingerprint density at radius 3 is 3.00 bits per heavy atom. The second-order valence-corrected chi connectivity index (χ2v) is 2.28. The summed E-state index contributed by atoms with van der Waals surface area (Å²) in [5.74, 6) is -0.434. The van der Waals surface area contributed by atoms with E-state index in [0.717, 1.165) is 12.3 Å². The number of nitro groups is 1. The van der Waals surface area contributed by atoms with E-state index in [1.807, 2.05) is 0 Å². The van der Waals surface area contributed by atoms with Gasteiger partial charge in [0.25, 0.3) is 0 Å². The number of anilines is 1. The van der Waals surface area contributed by atoms with E-state index >= 15 is 0 Å². The molecule has 1 N–H and O–H groups in total. The van der Waals surface area contributed by atoms with Crippen LogP contribution in [0, 0.1) is 10.1 Å². The number of ether oxygens (including phenoxy) is 1.